The van der Waals surface area contributed by atoms with Crippen molar-refractivity contribution in [2.45, 2.75) is 0 Å². The number of hydrogen-bond donors (Lipinski definition) is 0. The van der Waals surface area contributed by atoms with Crippen LogP contribution < -0.4 is 0 Å². The lowest BCUT2D eigenvalue weighted by Crippen LogP contribution is -1.86. The Morgan fingerprint density at radius 2 is 1.11 bits per heavy atom. The average Bonchev–Trinajstić information content (AvgIpc) is 3.41. The lowest BCUT2D eigenvalue weighted by atomic mass is 10.4. The van der Waals surface area contributed by atoms with Crippen LogP contribution in [0.5, 0.6) is 0 Å². The Balaban J connectivity index is 1.99. The van der Waals surface area contributed by atoms with Crippen molar-refractivity contribution >= 4 is 75.6 Å². The van der Waals surface area contributed by atoms with Crippen LogP contribution in [0, 0.1) is 45.3 Å². The highest BCUT2D eigenvalue weighted by Crippen LogP contribution is 2.45. The number of hydrogen-bond acceptors (Lipinski definition) is 8. The van der Waals surface area contributed by atoms with E-state index < -0.39 is 0 Å². The molecule has 0 spiro atoms. The molecule has 0 amide bonds. The first-order chi connectivity index (χ1) is 13.5. The molecule has 4 rings (SSSR count). The summed E-state index contributed by atoms with van der Waals surface area (Å²) in [6.45, 7) is 0. The van der Waals surface area contributed by atoms with Gasteiger partial charge < -0.3 is 9.13 Å². The molecule has 0 atom stereocenters. The van der Waals surface area contributed by atoms with Crippen LogP contribution >= 0.6 is 22.7 Å². The van der Waals surface area contributed by atoms with Gasteiger partial charge in [0.25, 0.3) is 0 Å². The Morgan fingerprint density at radius 1 is 0.750 bits per heavy atom. The Morgan fingerprint density at radius 3 is 1.43 bits per heavy atom. The molecule has 0 aliphatic rings. The lowest BCUT2D eigenvalue weighted by Gasteiger charge is -1.94. The van der Waals surface area contributed by atoms with Crippen molar-refractivity contribution in [3.63, 3.8) is 0 Å². The summed E-state index contributed by atoms with van der Waals surface area (Å²) in [5.74, 6) is 0. The normalized spacial score (nSPS) is 10.4. The average molecular weight is 400 g/mol. The van der Waals surface area contributed by atoms with Crippen LogP contribution in [0.2, 0.25) is 0 Å². The standard InChI is InChI=1S/C18H8N8S2/c1-25-11-3-13(23-9(5-19)6-20)27-17(11)16-15(25)18-12(26(16)2)4-14(28-18)24-10(7-21)8-22/h3-4H,1-2H3. The number of nitrogens with zero attached hydrogens (tertiary/aromatic N) is 8. The van der Waals surface area contributed by atoms with E-state index in [1.807, 2.05) is 35.4 Å². The van der Waals surface area contributed by atoms with E-state index in [0.29, 0.717) is 10.0 Å². The van der Waals surface area contributed by atoms with E-state index in [1.54, 1.807) is 24.3 Å². The molecule has 4 aromatic rings. The van der Waals surface area contributed by atoms with E-state index in [-0.39, 0.29) is 11.4 Å². The van der Waals surface area contributed by atoms with Crippen LogP contribution in [0.15, 0.2) is 22.1 Å². The SMILES string of the molecule is Cn1c2cc(N=C(C#N)C#N)sc2c2c1c1sc(N=C(C#N)C#N)cc1n2C. The van der Waals surface area contributed by atoms with Gasteiger partial charge in [-0.15, -0.1) is 22.7 Å². The predicted octanol–water partition coefficient (Wildman–Crippen LogP) is 4.19. The minimum Gasteiger partial charge on any atom is -0.340 e. The summed E-state index contributed by atoms with van der Waals surface area (Å²) < 4.78 is 6.11. The van der Waals surface area contributed by atoms with Crippen LogP contribution in [0.25, 0.3) is 31.5 Å². The Kier molecular flexibility index (Phi) is 3.95. The Bertz CT molecular complexity index is 1370. The third kappa shape index (κ3) is 2.38. The summed E-state index contributed by atoms with van der Waals surface area (Å²) in [7, 11) is 3.89. The number of aliphatic imine (C=N–C) groups is 2. The molecular weight excluding hydrogens is 392 g/mol. The second-order valence-electron chi connectivity index (χ2n) is 5.78. The minimum absolute atomic E-state index is 0.177. The summed E-state index contributed by atoms with van der Waals surface area (Å²) in [6, 6.07) is 10.8. The molecule has 8 nitrogen and oxygen atoms in total. The molecule has 0 radical (unpaired) electrons. The summed E-state index contributed by atoms with van der Waals surface area (Å²) >= 11 is 2.84. The quantitative estimate of drug-likeness (QED) is 0.467. The van der Waals surface area contributed by atoms with Gasteiger partial charge in [-0.1, -0.05) is 0 Å². The molecule has 0 aliphatic heterocycles. The number of aryl methyl sites for hydroxylation is 2. The van der Waals surface area contributed by atoms with Crippen molar-refractivity contribution in [1.82, 2.24) is 9.13 Å². The lowest BCUT2D eigenvalue weighted by molar-refractivity contribution is 1.01. The monoisotopic (exact) mass is 400 g/mol. The number of thiophene rings is 2. The molecular formula is C18H8N8S2. The van der Waals surface area contributed by atoms with Gasteiger partial charge in [-0.3, -0.25) is 0 Å². The van der Waals surface area contributed by atoms with Crippen LogP contribution in [-0.2, 0) is 14.1 Å². The maximum absolute atomic E-state index is 8.92. The van der Waals surface area contributed by atoms with E-state index in [0.717, 1.165) is 31.5 Å². The third-order valence-corrected chi connectivity index (χ3v) is 6.36. The smallest absolute Gasteiger partial charge is 0.219 e. The van der Waals surface area contributed by atoms with Gasteiger partial charge in [0.05, 0.1) is 31.5 Å². The molecule has 132 valence electrons. The zero-order valence-corrected chi connectivity index (χ0v) is 16.2. The summed E-state index contributed by atoms with van der Waals surface area (Å²) in [4.78, 5) is 8.21. The number of fused-ring (bicyclic) bond motifs is 5. The van der Waals surface area contributed by atoms with Gasteiger partial charge in [-0.05, 0) is 12.1 Å². The highest BCUT2D eigenvalue weighted by molar-refractivity contribution is 7.25. The zero-order chi connectivity index (χ0) is 20.0. The first kappa shape index (κ1) is 17.5. The number of rotatable bonds is 2. The molecule has 0 unspecified atom stereocenters. The fourth-order valence-corrected chi connectivity index (χ4v) is 5.43. The molecule has 4 aromatic heterocycles. The second kappa shape index (κ2) is 6.33. The van der Waals surface area contributed by atoms with Crippen molar-refractivity contribution in [3.05, 3.63) is 12.1 Å². The van der Waals surface area contributed by atoms with E-state index >= 15 is 0 Å². The Labute approximate surface area is 166 Å². The van der Waals surface area contributed by atoms with Crippen molar-refractivity contribution < 1.29 is 0 Å². The topological polar surface area (TPSA) is 130 Å². The van der Waals surface area contributed by atoms with Gasteiger partial charge in [0, 0.05) is 14.1 Å². The number of nitriles is 4. The van der Waals surface area contributed by atoms with Gasteiger partial charge in [-0.25, -0.2) is 9.98 Å². The van der Waals surface area contributed by atoms with Crippen molar-refractivity contribution in [2.24, 2.45) is 24.1 Å². The fourth-order valence-electron chi connectivity index (χ4n) is 3.13. The molecule has 0 bridgehead atoms. The second-order valence-corrected chi connectivity index (χ2v) is 7.84. The van der Waals surface area contributed by atoms with Gasteiger partial charge >= 0.3 is 0 Å². The first-order valence-corrected chi connectivity index (χ1v) is 9.43. The van der Waals surface area contributed by atoms with Crippen LogP contribution in [-0.4, -0.2) is 20.6 Å². The Hall–Kier alpha value is -3.96. The van der Waals surface area contributed by atoms with E-state index in [1.165, 1.54) is 22.7 Å². The molecule has 0 fully saturated rings. The number of aromatic nitrogens is 2. The van der Waals surface area contributed by atoms with Crippen molar-refractivity contribution in [2.75, 3.05) is 0 Å². The van der Waals surface area contributed by atoms with E-state index in [4.69, 9.17) is 21.0 Å². The third-order valence-electron chi connectivity index (χ3n) is 4.31. The molecule has 4 heterocycles. The predicted molar refractivity (Wildman–Crippen MR) is 109 cm³/mol. The molecule has 0 saturated carbocycles. The van der Waals surface area contributed by atoms with E-state index in [2.05, 4.69) is 9.98 Å². The van der Waals surface area contributed by atoms with Gasteiger partial charge in [0.15, 0.2) is 0 Å². The van der Waals surface area contributed by atoms with Crippen LogP contribution in [0.4, 0.5) is 10.0 Å². The molecule has 0 N–H and O–H groups in total. The van der Waals surface area contributed by atoms with Gasteiger partial charge in [-0.2, -0.15) is 21.0 Å². The summed E-state index contributed by atoms with van der Waals surface area (Å²) in [6.07, 6.45) is 0. The molecule has 0 saturated heterocycles. The highest BCUT2D eigenvalue weighted by atomic mass is 32.1. The van der Waals surface area contributed by atoms with E-state index in [9.17, 15) is 0 Å². The largest absolute Gasteiger partial charge is 0.340 e. The summed E-state index contributed by atoms with van der Waals surface area (Å²) in [5, 5.41) is 36.9. The first-order valence-electron chi connectivity index (χ1n) is 7.80. The summed E-state index contributed by atoms with van der Waals surface area (Å²) in [5.41, 5.74) is 3.60. The minimum atomic E-state index is -0.177. The maximum atomic E-state index is 8.92. The molecule has 0 aromatic carbocycles. The van der Waals surface area contributed by atoms with Crippen molar-refractivity contribution in [3.8, 4) is 24.3 Å². The zero-order valence-electron chi connectivity index (χ0n) is 14.5. The highest BCUT2D eigenvalue weighted by Gasteiger charge is 2.21. The molecule has 28 heavy (non-hydrogen) atoms. The molecule has 10 heteroatoms. The van der Waals surface area contributed by atoms with Crippen molar-refractivity contribution in [1.29, 1.82) is 21.0 Å². The fraction of sp³-hybridized carbons (Fsp3) is 0.111. The van der Waals surface area contributed by atoms with Crippen LogP contribution in [0.1, 0.15) is 0 Å². The molecule has 0 aliphatic carbocycles. The van der Waals surface area contributed by atoms with Gasteiger partial charge in [0.2, 0.25) is 11.4 Å². The van der Waals surface area contributed by atoms with Gasteiger partial charge in [0.1, 0.15) is 34.3 Å². The maximum Gasteiger partial charge on any atom is 0.219 e. The van der Waals surface area contributed by atoms with Crippen LogP contribution in [0.3, 0.4) is 0 Å².